The van der Waals surface area contributed by atoms with Crippen LogP contribution in [0.25, 0.3) is 0 Å². The van der Waals surface area contributed by atoms with Gasteiger partial charge in [0.1, 0.15) is 11.6 Å². The van der Waals surface area contributed by atoms with Crippen molar-refractivity contribution in [3.63, 3.8) is 0 Å². The van der Waals surface area contributed by atoms with Gasteiger partial charge in [0.05, 0.1) is 12.8 Å². The summed E-state index contributed by atoms with van der Waals surface area (Å²) in [7, 11) is 3.53. The third-order valence-corrected chi connectivity index (χ3v) is 3.66. The van der Waals surface area contributed by atoms with E-state index in [0.717, 1.165) is 11.5 Å². The Morgan fingerprint density at radius 3 is 2.91 bits per heavy atom. The second-order valence-corrected chi connectivity index (χ2v) is 5.51. The van der Waals surface area contributed by atoms with E-state index in [1.54, 1.807) is 31.5 Å². The molecule has 0 saturated heterocycles. The van der Waals surface area contributed by atoms with E-state index >= 15 is 0 Å². The largest absolute Gasteiger partial charge is 0.495 e. The summed E-state index contributed by atoms with van der Waals surface area (Å²) in [5, 5.41) is 6.67. The topological polar surface area (TPSA) is 68.2 Å². The molecule has 1 aromatic carbocycles. The highest BCUT2D eigenvalue weighted by Gasteiger charge is 2.06. The highest BCUT2D eigenvalue weighted by atomic mass is 35.5. The number of nitrogens with one attached hydrogen (secondary N) is 2. The lowest BCUT2D eigenvalue weighted by Gasteiger charge is -2.11. The van der Waals surface area contributed by atoms with Crippen LogP contribution in [0, 0.1) is 0 Å². The molecule has 23 heavy (non-hydrogen) atoms. The quantitative estimate of drug-likeness (QED) is 0.775. The number of anilines is 1. The summed E-state index contributed by atoms with van der Waals surface area (Å²) < 4.78 is 7.19. The number of hydrogen-bond acceptors (Lipinski definition) is 4. The number of nitrogens with zero attached hydrogens (tertiary/aromatic N) is 2. The Kier molecular flexibility index (Phi) is 6.29. The van der Waals surface area contributed by atoms with Gasteiger partial charge in [-0.2, -0.15) is 0 Å². The molecule has 6 nitrogen and oxygen atoms in total. The summed E-state index contributed by atoms with van der Waals surface area (Å²) in [4.78, 5) is 16.0. The minimum absolute atomic E-state index is 0.00676. The molecule has 7 heteroatoms. The molecular weight excluding hydrogens is 316 g/mol. The van der Waals surface area contributed by atoms with Crippen LogP contribution in [-0.4, -0.2) is 35.7 Å². The second kappa shape index (κ2) is 8.43. The molecule has 2 rings (SSSR count). The van der Waals surface area contributed by atoms with Gasteiger partial charge in [-0.3, -0.25) is 4.79 Å². The van der Waals surface area contributed by atoms with Crippen LogP contribution in [0.2, 0.25) is 5.02 Å². The fourth-order valence-electron chi connectivity index (χ4n) is 2.17. The molecule has 0 aliphatic carbocycles. The molecule has 2 aromatic rings. The van der Waals surface area contributed by atoms with Crippen molar-refractivity contribution < 1.29 is 9.53 Å². The number of aromatic nitrogens is 2. The van der Waals surface area contributed by atoms with Crippen LogP contribution < -0.4 is 15.4 Å². The average Bonchev–Trinajstić information content (AvgIpc) is 2.93. The van der Waals surface area contributed by atoms with Gasteiger partial charge >= 0.3 is 0 Å². The molecule has 0 radical (unpaired) electrons. The highest BCUT2D eigenvalue weighted by molar-refractivity contribution is 6.30. The molecule has 1 heterocycles. The molecule has 1 amide bonds. The van der Waals surface area contributed by atoms with Crippen molar-refractivity contribution in [3.05, 3.63) is 41.4 Å². The summed E-state index contributed by atoms with van der Waals surface area (Å²) in [6.45, 7) is 1.08. The number of aryl methyl sites for hydroxylation is 1. The van der Waals surface area contributed by atoms with Crippen molar-refractivity contribution in [1.29, 1.82) is 0 Å². The maximum atomic E-state index is 11.8. The van der Waals surface area contributed by atoms with Crippen LogP contribution >= 0.6 is 11.6 Å². The third-order valence-electron chi connectivity index (χ3n) is 3.42. The van der Waals surface area contributed by atoms with Gasteiger partial charge in [-0.25, -0.2) is 4.98 Å². The molecule has 0 bridgehead atoms. The summed E-state index contributed by atoms with van der Waals surface area (Å²) >= 11 is 5.96. The van der Waals surface area contributed by atoms with Gasteiger partial charge in [0.25, 0.3) is 0 Å². The molecule has 0 aliphatic heterocycles. The van der Waals surface area contributed by atoms with E-state index in [9.17, 15) is 4.79 Å². The number of ether oxygens (including phenoxy) is 1. The molecule has 1 aromatic heterocycles. The van der Waals surface area contributed by atoms with E-state index in [2.05, 4.69) is 15.6 Å². The molecule has 0 aliphatic rings. The summed E-state index contributed by atoms with van der Waals surface area (Å²) in [6.07, 6.45) is 4.72. The Morgan fingerprint density at radius 1 is 1.39 bits per heavy atom. The number of benzene rings is 1. The maximum absolute atomic E-state index is 11.8. The molecule has 0 saturated carbocycles. The van der Waals surface area contributed by atoms with Gasteiger partial charge in [0, 0.05) is 50.4 Å². The van der Waals surface area contributed by atoms with E-state index in [1.807, 2.05) is 17.8 Å². The molecule has 0 unspecified atom stereocenters. The van der Waals surface area contributed by atoms with Crippen LogP contribution in [0.4, 0.5) is 5.69 Å². The lowest BCUT2D eigenvalue weighted by atomic mass is 10.2. The van der Waals surface area contributed by atoms with Crippen LogP contribution in [0.3, 0.4) is 0 Å². The van der Waals surface area contributed by atoms with E-state index < -0.39 is 0 Å². The Morgan fingerprint density at radius 2 is 2.22 bits per heavy atom. The molecule has 0 fully saturated rings. The number of halogens is 1. The van der Waals surface area contributed by atoms with Crippen molar-refractivity contribution in [1.82, 2.24) is 14.9 Å². The minimum atomic E-state index is -0.00676. The van der Waals surface area contributed by atoms with Gasteiger partial charge in [-0.05, 0) is 18.2 Å². The van der Waals surface area contributed by atoms with Crippen LogP contribution in [0.5, 0.6) is 5.75 Å². The predicted octanol–water partition coefficient (Wildman–Crippen LogP) is 2.24. The van der Waals surface area contributed by atoms with Crippen LogP contribution in [-0.2, 0) is 18.3 Å². The van der Waals surface area contributed by atoms with Crippen LogP contribution in [0.1, 0.15) is 12.2 Å². The van der Waals surface area contributed by atoms with Crippen molar-refractivity contribution >= 4 is 23.2 Å². The van der Waals surface area contributed by atoms with Crippen molar-refractivity contribution in [3.8, 4) is 5.75 Å². The SMILES string of the molecule is COc1ccc(Cl)cc1NCCC(=O)NCCc1nccn1C. The summed E-state index contributed by atoms with van der Waals surface area (Å²) in [5.41, 5.74) is 0.779. The Labute approximate surface area is 140 Å². The zero-order valence-electron chi connectivity index (χ0n) is 13.3. The number of carbonyl (C=O) groups is 1. The van der Waals surface area contributed by atoms with Crippen molar-refractivity contribution in [2.24, 2.45) is 7.05 Å². The molecule has 2 N–H and O–H groups in total. The first-order valence-corrected chi connectivity index (χ1v) is 7.78. The zero-order valence-corrected chi connectivity index (χ0v) is 14.1. The first kappa shape index (κ1) is 17.1. The van der Waals surface area contributed by atoms with E-state index in [1.165, 1.54) is 0 Å². The lowest BCUT2D eigenvalue weighted by molar-refractivity contribution is -0.120. The fraction of sp³-hybridized carbons (Fsp3) is 0.375. The first-order chi connectivity index (χ1) is 11.1. The maximum Gasteiger partial charge on any atom is 0.221 e. The fourth-order valence-corrected chi connectivity index (χ4v) is 2.34. The molecule has 124 valence electrons. The molecular formula is C16H21ClN4O2. The number of amides is 1. The monoisotopic (exact) mass is 336 g/mol. The van der Waals surface area contributed by atoms with E-state index in [4.69, 9.17) is 16.3 Å². The van der Waals surface area contributed by atoms with Gasteiger partial charge in [-0.15, -0.1) is 0 Å². The van der Waals surface area contributed by atoms with Gasteiger partial charge in [0.2, 0.25) is 5.91 Å². The smallest absolute Gasteiger partial charge is 0.221 e. The Hall–Kier alpha value is -2.21. The number of rotatable bonds is 8. The normalized spacial score (nSPS) is 10.4. The van der Waals surface area contributed by atoms with Gasteiger partial charge < -0.3 is 19.9 Å². The van der Waals surface area contributed by atoms with Crippen molar-refractivity contribution in [2.75, 3.05) is 25.5 Å². The van der Waals surface area contributed by atoms with E-state index in [-0.39, 0.29) is 5.91 Å². The minimum Gasteiger partial charge on any atom is -0.495 e. The summed E-state index contributed by atoms with van der Waals surface area (Å²) in [6, 6.07) is 5.33. The average molecular weight is 337 g/mol. The molecule has 0 atom stereocenters. The Bertz CT molecular complexity index is 657. The standard InChI is InChI=1S/C16H21ClN4O2/c1-21-10-9-19-15(21)5-7-20-16(22)6-8-18-13-11-12(17)3-4-14(13)23-2/h3-4,9-11,18H,5-8H2,1-2H3,(H,20,22). The number of methoxy groups -OCH3 is 1. The molecule has 0 spiro atoms. The lowest BCUT2D eigenvalue weighted by Crippen LogP contribution is -2.27. The number of hydrogen-bond donors (Lipinski definition) is 2. The van der Waals surface area contributed by atoms with Gasteiger partial charge in [0.15, 0.2) is 0 Å². The first-order valence-electron chi connectivity index (χ1n) is 7.40. The Balaban J connectivity index is 1.70. The predicted molar refractivity (Wildman–Crippen MR) is 91.0 cm³/mol. The highest BCUT2D eigenvalue weighted by Crippen LogP contribution is 2.27. The third kappa shape index (κ3) is 5.17. The van der Waals surface area contributed by atoms with Crippen molar-refractivity contribution in [2.45, 2.75) is 12.8 Å². The zero-order chi connectivity index (χ0) is 16.7. The van der Waals surface area contributed by atoms with E-state index in [0.29, 0.717) is 36.7 Å². The van der Waals surface area contributed by atoms with Crippen LogP contribution in [0.15, 0.2) is 30.6 Å². The van der Waals surface area contributed by atoms with Gasteiger partial charge in [-0.1, -0.05) is 11.6 Å². The number of carbonyl (C=O) groups excluding carboxylic acids is 1. The number of imidazole rings is 1. The summed E-state index contributed by atoms with van der Waals surface area (Å²) in [5.74, 6) is 1.64. The second-order valence-electron chi connectivity index (χ2n) is 5.08.